The van der Waals surface area contributed by atoms with Crippen LogP contribution in [-0.2, 0) is 24.1 Å². The largest absolute Gasteiger partial charge is 0.385 e. The number of aryl methyl sites for hydroxylation is 3. The van der Waals surface area contributed by atoms with Crippen molar-refractivity contribution in [2.24, 2.45) is 0 Å². The summed E-state index contributed by atoms with van der Waals surface area (Å²) in [6.45, 7) is 1.51. The third-order valence-corrected chi connectivity index (χ3v) is 5.31. The normalized spacial score (nSPS) is 13.7. The summed E-state index contributed by atoms with van der Waals surface area (Å²) in [6, 6.07) is 6.18. The van der Waals surface area contributed by atoms with Crippen LogP contribution in [0.1, 0.15) is 40.7 Å². The van der Waals surface area contributed by atoms with E-state index in [1.165, 1.54) is 35.7 Å². The van der Waals surface area contributed by atoms with E-state index in [9.17, 15) is 4.79 Å². The molecule has 0 aliphatic heterocycles. The molecular weight excluding hydrogens is 322 g/mol. The number of carbonyl (C=O) groups is 1. The van der Waals surface area contributed by atoms with Gasteiger partial charge >= 0.3 is 0 Å². The Labute approximate surface area is 146 Å². The van der Waals surface area contributed by atoms with Crippen LogP contribution in [0.15, 0.2) is 29.7 Å². The Bertz CT molecular complexity index is 699. The van der Waals surface area contributed by atoms with Gasteiger partial charge in [0.15, 0.2) is 10.9 Å². The first-order chi connectivity index (χ1) is 11.8. The number of aromatic nitrogens is 3. The lowest BCUT2D eigenvalue weighted by molar-refractivity contribution is 0.102. The summed E-state index contributed by atoms with van der Waals surface area (Å²) in [6.07, 6.45) is 7.33. The monoisotopic (exact) mass is 345 g/mol. The van der Waals surface area contributed by atoms with Crippen LogP contribution in [0.25, 0.3) is 0 Å². The van der Waals surface area contributed by atoms with E-state index in [2.05, 4.69) is 22.3 Å². The first-order valence-corrected chi connectivity index (χ1v) is 9.41. The van der Waals surface area contributed by atoms with Crippen LogP contribution in [0.3, 0.4) is 0 Å². The van der Waals surface area contributed by atoms with Crippen molar-refractivity contribution in [3.05, 3.63) is 41.2 Å². The van der Waals surface area contributed by atoms with Crippen LogP contribution in [0, 0.1) is 0 Å². The Morgan fingerprint density at radius 2 is 2.12 bits per heavy atom. The minimum atomic E-state index is 0.153. The molecule has 1 aromatic heterocycles. The second-order valence-corrected chi connectivity index (χ2v) is 7.00. The highest BCUT2D eigenvalue weighted by Crippen LogP contribution is 2.23. The number of methoxy groups -OCH3 is 1. The van der Waals surface area contributed by atoms with Crippen molar-refractivity contribution >= 4 is 17.5 Å². The predicted molar refractivity (Wildman–Crippen MR) is 94.7 cm³/mol. The van der Waals surface area contributed by atoms with E-state index >= 15 is 0 Å². The summed E-state index contributed by atoms with van der Waals surface area (Å²) < 4.78 is 7.04. The molecule has 0 bridgehead atoms. The number of ether oxygens (including phenoxy) is 1. The predicted octanol–water partition coefficient (Wildman–Crippen LogP) is 3.17. The van der Waals surface area contributed by atoms with Gasteiger partial charge in [-0.2, -0.15) is 0 Å². The van der Waals surface area contributed by atoms with Crippen LogP contribution in [-0.4, -0.2) is 40.0 Å². The Morgan fingerprint density at radius 1 is 1.29 bits per heavy atom. The lowest BCUT2D eigenvalue weighted by Crippen LogP contribution is -2.08. The molecule has 24 heavy (non-hydrogen) atoms. The van der Waals surface area contributed by atoms with E-state index in [-0.39, 0.29) is 5.78 Å². The molecule has 0 saturated heterocycles. The number of carbonyl (C=O) groups excluding carboxylic acids is 1. The van der Waals surface area contributed by atoms with E-state index in [1.807, 2.05) is 10.6 Å². The fourth-order valence-electron chi connectivity index (χ4n) is 3.01. The van der Waals surface area contributed by atoms with E-state index in [4.69, 9.17) is 4.74 Å². The fraction of sp³-hybridized carbons (Fsp3) is 0.500. The second-order valence-electron chi connectivity index (χ2n) is 6.06. The summed E-state index contributed by atoms with van der Waals surface area (Å²) in [5.74, 6) is 0.543. The van der Waals surface area contributed by atoms with E-state index in [0.29, 0.717) is 12.4 Å². The molecule has 128 valence electrons. The van der Waals surface area contributed by atoms with Crippen LogP contribution in [0.2, 0.25) is 0 Å². The maximum Gasteiger partial charge on any atom is 0.191 e. The zero-order chi connectivity index (χ0) is 16.8. The van der Waals surface area contributed by atoms with Gasteiger partial charge in [-0.05, 0) is 49.3 Å². The second kappa shape index (κ2) is 8.44. The van der Waals surface area contributed by atoms with Crippen LogP contribution in [0.4, 0.5) is 0 Å². The van der Waals surface area contributed by atoms with Gasteiger partial charge in [0.25, 0.3) is 0 Å². The molecule has 6 heteroatoms. The van der Waals surface area contributed by atoms with Crippen molar-refractivity contribution in [1.29, 1.82) is 0 Å². The molecule has 1 aromatic carbocycles. The van der Waals surface area contributed by atoms with Crippen molar-refractivity contribution in [3.63, 3.8) is 0 Å². The lowest BCUT2D eigenvalue weighted by atomic mass is 9.90. The first-order valence-electron chi connectivity index (χ1n) is 8.42. The summed E-state index contributed by atoms with van der Waals surface area (Å²) >= 11 is 1.45. The summed E-state index contributed by atoms with van der Waals surface area (Å²) in [5.41, 5.74) is 3.57. The molecule has 0 fully saturated rings. The number of hydrogen-bond acceptors (Lipinski definition) is 5. The molecule has 3 rings (SSSR count). The Kier molecular flexibility index (Phi) is 6.04. The van der Waals surface area contributed by atoms with Crippen molar-refractivity contribution in [2.45, 2.75) is 43.8 Å². The SMILES string of the molecule is COCCCn1cnnc1SCC(=O)c1ccc2c(c1)CCCC2. The highest BCUT2D eigenvalue weighted by molar-refractivity contribution is 7.99. The number of rotatable bonds is 8. The molecule has 0 N–H and O–H groups in total. The number of fused-ring (bicyclic) bond motifs is 1. The van der Waals surface area contributed by atoms with Crippen molar-refractivity contribution in [2.75, 3.05) is 19.5 Å². The van der Waals surface area contributed by atoms with Gasteiger partial charge in [0.2, 0.25) is 0 Å². The summed E-state index contributed by atoms with van der Waals surface area (Å²) in [4.78, 5) is 12.5. The first kappa shape index (κ1) is 17.2. The molecule has 0 saturated carbocycles. The van der Waals surface area contributed by atoms with Crippen molar-refractivity contribution in [1.82, 2.24) is 14.8 Å². The number of ketones is 1. The van der Waals surface area contributed by atoms with Gasteiger partial charge in [0, 0.05) is 25.8 Å². The number of hydrogen-bond donors (Lipinski definition) is 0. The highest BCUT2D eigenvalue weighted by atomic mass is 32.2. The minimum absolute atomic E-state index is 0.153. The molecule has 0 radical (unpaired) electrons. The average molecular weight is 345 g/mol. The van der Waals surface area contributed by atoms with Gasteiger partial charge < -0.3 is 9.30 Å². The maximum atomic E-state index is 12.5. The number of nitrogens with zero attached hydrogens (tertiary/aromatic N) is 3. The molecule has 5 nitrogen and oxygen atoms in total. The maximum absolute atomic E-state index is 12.5. The number of benzene rings is 1. The van der Waals surface area contributed by atoms with Gasteiger partial charge in [-0.3, -0.25) is 4.79 Å². The zero-order valence-electron chi connectivity index (χ0n) is 14.0. The smallest absolute Gasteiger partial charge is 0.191 e. The van der Waals surface area contributed by atoms with Crippen LogP contribution < -0.4 is 0 Å². The van der Waals surface area contributed by atoms with Crippen LogP contribution in [0.5, 0.6) is 0 Å². The van der Waals surface area contributed by atoms with Crippen molar-refractivity contribution in [3.8, 4) is 0 Å². The van der Waals surface area contributed by atoms with Gasteiger partial charge in [0.05, 0.1) is 5.75 Å². The van der Waals surface area contributed by atoms with Gasteiger partial charge in [-0.25, -0.2) is 0 Å². The van der Waals surface area contributed by atoms with Crippen LogP contribution >= 0.6 is 11.8 Å². The molecule has 0 atom stereocenters. The third-order valence-electron chi connectivity index (χ3n) is 4.33. The molecule has 0 unspecified atom stereocenters. The molecule has 0 amide bonds. The van der Waals surface area contributed by atoms with E-state index < -0.39 is 0 Å². The average Bonchev–Trinajstić information content (AvgIpc) is 3.07. The fourth-order valence-corrected chi connectivity index (χ4v) is 3.85. The number of Topliss-reactive ketones (excluding diaryl/α,β-unsaturated/α-hetero) is 1. The molecule has 1 heterocycles. The van der Waals surface area contributed by atoms with Gasteiger partial charge in [-0.1, -0.05) is 23.9 Å². The van der Waals surface area contributed by atoms with Crippen molar-refractivity contribution < 1.29 is 9.53 Å². The molecule has 1 aliphatic carbocycles. The molecular formula is C18H23N3O2S. The quantitative estimate of drug-likeness (QED) is 0.418. The molecule has 1 aliphatic rings. The summed E-state index contributed by atoms with van der Waals surface area (Å²) in [5, 5.41) is 8.85. The Balaban J connectivity index is 1.59. The minimum Gasteiger partial charge on any atom is -0.385 e. The summed E-state index contributed by atoms with van der Waals surface area (Å²) in [7, 11) is 1.69. The molecule has 0 spiro atoms. The standard InChI is InChI=1S/C18H23N3O2S/c1-23-10-4-9-21-13-19-20-18(21)24-12-17(22)16-8-7-14-5-2-3-6-15(14)11-16/h7-8,11,13H,2-6,9-10,12H2,1H3. The highest BCUT2D eigenvalue weighted by Gasteiger charge is 2.14. The molecule has 2 aromatic rings. The van der Waals surface area contributed by atoms with Gasteiger partial charge in [0.1, 0.15) is 6.33 Å². The Morgan fingerprint density at radius 3 is 2.96 bits per heavy atom. The Hall–Kier alpha value is -1.66. The number of thioether (sulfide) groups is 1. The van der Waals surface area contributed by atoms with E-state index in [0.717, 1.165) is 36.5 Å². The van der Waals surface area contributed by atoms with E-state index in [1.54, 1.807) is 13.4 Å². The zero-order valence-corrected chi connectivity index (χ0v) is 14.8. The third kappa shape index (κ3) is 4.24. The lowest BCUT2D eigenvalue weighted by Gasteiger charge is -2.16. The topological polar surface area (TPSA) is 57.0 Å². The van der Waals surface area contributed by atoms with Gasteiger partial charge in [-0.15, -0.1) is 10.2 Å².